The van der Waals surface area contributed by atoms with Gasteiger partial charge in [-0.3, -0.25) is 9.59 Å². The van der Waals surface area contributed by atoms with Crippen molar-refractivity contribution in [2.75, 3.05) is 0 Å². The van der Waals surface area contributed by atoms with Crippen molar-refractivity contribution in [1.29, 1.82) is 0 Å². The van der Waals surface area contributed by atoms with Crippen molar-refractivity contribution in [1.82, 2.24) is 6.15 Å². The predicted molar refractivity (Wildman–Crippen MR) is 84.9 cm³/mol. The molecule has 0 radical (unpaired) electrons. The van der Waals surface area contributed by atoms with Crippen LogP contribution in [0.1, 0.15) is 89.9 Å². The first-order valence-electron chi connectivity index (χ1n) is 8.06. The highest BCUT2D eigenvalue weighted by Gasteiger charge is 1.98. The molecule has 0 aliphatic heterocycles. The molecular weight excluding hydrogens is 270 g/mol. The second-order valence-corrected chi connectivity index (χ2v) is 5.53. The molecule has 1 aliphatic carbocycles. The van der Waals surface area contributed by atoms with Crippen molar-refractivity contribution in [3.05, 3.63) is 0 Å². The monoisotopic (exact) mass is 303 g/mol. The van der Waals surface area contributed by atoms with E-state index < -0.39 is 11.9 Å². The van der Waals surface area contributed by atoms with Crippen molar-refractivity contribution in [3.8, 4) is 0 Å². The zero-order valence-electron chi connectivity index (χ0n) is 13.3. The summed E-state index contributed by atoms with van der Waals surface area (Å²) in [5.41, 5.74) is 0. The Morgan fingerprint density at radius 2 is 0.810 bits per heavy atom. The first kappa shape index (κ1) is 22.2. The summed E-state index contributed by atoms with van der Waals surface area (Å²) in [6.45, 7) is 0. The van der Waals surface area contributed by atoms with Crippen molar-refractivity contribution < 1.29 is 19.8 Å². The summed E-state index contributed by atoms with van der Waals surface area (Å²) < 4.78 is 0. The second-order valence-electron chi connectivity index (χ2n) is 5.53. The number of hydrogen-bond acceptors (Lipinski definition) is 3. The van der Waals surface area contributed by atoms with Gasteiger partial charge in [-0.15, -0.1) is 0 Å². The second kappa shape index (κ2) is 17.0. The van der Waals surface area contributed by atoms with Crippen LogP contribution in [0, 0.1) is 0 Å². The Balaban J connectivity index is 0. The predicted octanol–water partition coefficient (Wildman–Crippen LogP) is 4.78. The van der Waals surface area contributed by atoms with Crippen molar-refractivity contribution in [3.63, 3.8) is 0 Å². The summed E-state index contributed by atoms with van der Waals surface area (Å²) in [4.78, 5) is 20.3. The maximum Gasteiger partial charge on any atom is 0.303 e. The van der Waals surface area contributed by atoms with Gasteiger partial charge in [-0.2, -0.15) is 0 Å². The van der Waals surface area contributed by atoms with Gasteiger partial charge >= 0.3 is 11.9 Å². The maximum absolute atomic E-state index is 10.1. The summed E-state index contributed by atoms with van der Waals surface area (Å²) in [5.74, 6) is -1.48. The summed E-state index contributed by atoms with van der Waals surface area (Å²) in [6, 6.07) is 0. The molecular formula is C16H33NO4. The molecule has 126 valence electrons. The molecule has 0 atom stereocenters. The lowest BCUT2D eigenvalue weighted by Crippen LogP contribution is -1.94. The Hall–Kier alpha value is -1.10. The average molecular weight is 303 g/mol. The van der Waals surface area contributed by atoms with Crippen molar-refractivity contribution in [2.24, 2.45) is 0 Å². The summed E-state index contributed by atoms with van der Waals surface area (Å²) in [6.07, 6.45) is 14.8. The van der Waals surface area contributed by atoms with Gasteiger partial charge in [0.25, 0.3) is 0 Å². The van der Waals surface area contributed by atoms with E-state index in [4.69, 9.17) is 10.2 Å². The molecule has 5 nitrogen and oxygen atoms in total. The number of carboxylic acids is 2. The normalized spacial score (nSPS) is 13.5. The lowest BCUT2D eigenvalue weighted by atomic mass is 10.0. The number of carbonyl (C=O) groups is 2. The molecule has 0 saturated heterocycles. The van der Waals surface area contributed by atoms with Gasteiger partial charge in [-0.1, -0.05) is 64.2 Å². The quantitative estimate of drug-likeness (QED) is 0.531. The van der Waals surface area contributed by atoms with Gasteiger partial charge in [0.05, 0.1) is 0 Å². The molecule has 1 aliphatic rings. The first-order chi connectivity index (χ1) is 9.63. The molecule has 0 spiro atoms. The van der Waals surface area contributed by atoms with Crippen LogP contribution in [0.3, 0.4) is 0 Å². The van der Waals surface area contributed by atoms with Crippen LogP contribution in [0.15, 0.2) is 0 Å². The Morgan fingerprint density at radius 1 is 0.571 bits per heavy atom. The van der Waals surface area contributed by atoms with Gasteiger partial charge in [0, 0.05) is 12.8 Å². The molecule has 0 unspecified atom stereocenters. The number of aliphatic carboxylic acids is 2. The summed E-state index contributed by atoms with van der Waals surface area (Å²) >= 11 is 0. The van der Waals surface area contributed by atoms with Crippen LogP contribution in [0.2, 0.25) is 0 Å². The Bertz CT molecular complexity index is 221. The fraction of sp³-hybridized carbons (Fsp3) is 0.875. The van der Waals surface area contributed by atoms with Crippen LogP contribution in [0.25, 0.3) is 0 Å². The highest BCUT2D eigenvalue weighted by Crippen LogP contribution is 2.15. The average Bonchev–Trinajstić information content (AvgIpc) is 2.44. The van der Waals surface area contributed by atoms with E-state index in [0.29, 0.717) is 0 Å². The van der Waals surface area contributed by atoms with Gasteiger partial charge in [-0.25, -0.2) is 0 Å². The lowest BCUT2D eigenvalue weighted by molar-refractivity contribution is -0.138. The third kappa shape index (κ3) is 21.4. The van der Waals surface area contributed by atoms with E-state index >= 15 is 0 Å². The zero-order valence-corrected chi connectivity index (χ0v) is 13.3. The fourth-order valence-electron chi connectivity index (χ4n) is 2.32. The van der Waals surface area contributed by atoms with E-state index in [-0.39, 0.29) is 19.0 Å². The molecule has 1 fully saturated rings. The van der Waals surface area contributed by atoms with Gasteiger partial charge in [0.15, 0.2) is 0 Å². The molecule has 0 aromatic rings. The largest absolute Gasteiger partial charge is 0.481 e. The molecule has 5 heteroatoms. The van der Waals surface area contributed by atoms with Gasteiger partial charge in [0.2, 0.25) is 0 Å². The minimum absolute atomic E-state index is 0. The van der Waals surface area contributed by atoms with Crippen molar-refractivity contribution >= 4 is 11.9 Å². The Morgan fingerprint density at radius 3 is 1.05 bits per heavy atom. The standard InChI is InChI=1S/C10H18O4.C6H12.H3N/c11-9(12)7-5-3-1-2-4-6-8-10(13)14;1-2-4-6-5-3-1;/h1-8H2,(H,11,12)(H,13,14);1-6H2;1H3. The first-order valence-corrected chi connectivity index (χ1v) is 8.06. The molecule has 1 rings (SSSR count). The van der Waals surface area contributed by atoms with E-state index in [1.165, 1.54) is 38.5 Å². The van der Waals surface area contributed by atoms with E-state index in [1.54, 1.807) is 0 Å². The zero-order chi connectivity index (χ0) is 15.1. The fourth-order valence-corrected chi connectivity index (χ4v) is 2.32. The molecule has 0 aromatic heterocycles. The lowest BCUT2D eigenvalue weighted by Gasteiger charge is -2.05. The summed E-state index contributed by atoms with van der Waals surface area (Å²) in [5, 5.41) is 16.7. The number of carboxylic acid groups (broad SMARTS) is 2. The van der Waals surface area contributed by atoms with E-state index in [9.17, 15) is 9.59 Å². The smallest absolute Gasteiger partial charge is 0.303 e. The van der Waals surface area contributed by atoms with Crippen molar-refractivity contribution in [2.45, 2.75) is 89.9 Å². The summed E-state index contributed by atoms with van der Waals surface area (Å²) in [7, 11) is 0. The van der Waals surface area contributed by atoms with Crippen LogP contribution in [-0.2, 0) is 9.59 Å². The van der Waals surface area contributed by atoms with E-state index in [2.05, 4.69) is 0 Å². The van der Waals surface area contributed by atoms with E-state index in [1.807, 2.05) is 0 Å². The molecule has 1 saturated carbocycles. The van der Waals surface area contributed by atoms with Crippen LogP contribution in [-0.4, -0.2) is 22.2 Å². The SMILES string of the molecule is C1CCCCC1.N.O=C(O)CCCCCCCCC(=O)O. The molecule has 21 heavy (non-hydrogen) atoms. The topological polar surface area (TPSA) is 110 Å². The number of unbranched alkanes of at least 4 members (excludes halogenated alkanes) is 5. The molecule has 5 N–H and O–H groups in total. The third-order valence-corrected chi connectivity index (χ3v) is 3.53. The molecule has 0 aromatic carbocycles. The minimum atomic E-state index is -0.740. The minimum Gasteiger partial charge on any atom is -0.481 e. The number of hydrogen-bond donors (Lipinski definition) is 3. The van der Waals surface area contributed by atoms with Crippen LogP contribution >= 0.6 is 0 Å². The number of rotatable bonds is 9. The maximum atomic E-state index is 10.1. The van der Waals surface area contributed by atoms with Gasteiger partial charge in [-0.05, 0) is 12.8 Å². The highest BCUT2D eigenvalue weighted by molar-refractivity contribution is 5.66. The van der Waals surface area contributed by atoms with Gasteiger partial charge < -0.3 is 16.4 Å². The van der Waals surface area contributed by atoms with Crippen LogP contribution < -0.4 is 6.15 Å². The van der Waals surface area contributed by atoms with Gasteiger partial charge in [0.1, 0.15) is 0 Å². The van der Waals surface area contributed by atoms with Crippen LogP contribution in [0.4, 0.5) is 0 Å². The Labute approximate surface area is 128 Å². The third-order valence-electron chi connectivity index (χ3n) is 3.53. The van der Waals surface area contributed by atoms with E-state index in [0.717, 1.165) is 38.5 Å². The molecule has 0 heterocycles. The van der Waals surface area contributed by atoms with Crippen LogP contribution in [0.5, 0.6) is 0 Å². The Kier molecular flexibility index (Phi) is 17.9. The molecule has 0 amide bonds. The molecule has 0 bridgehead atoms. The highest BCUT2D eigenvalue weighted by atomic mass is 16.4.